The fourth-order valence-electron chi connectivity index (χ4n) is 1.63. The fraction of sp³-hybridized carbons (Fsp3) is 0.417. The van der Waals surface area contributed by atoms with Gasteiger partial charge in [-0.1, -0.05) is 36.2 Å². The quantitative estimate of drug-likeness (QED) is 0.861. The topological polar surface area (TPSA) is 40.5 Å². The first-order chi connectivity index (χ1) is 8.06. The lowest BCUT2D eigenvalue weighted by Gasteiger charge is -2.25. The zero-order chi connectivity index (χ0) is 12.8. The molecule has 1 rings (SSSR count). The van der Waals surface area contributed by atoms with E-state index in [1.54, 1.807) is 18.2 Å². The first-order valence-electron chi connectivity index (χ1n) is 5.47. The van der Waals surface area contributed by atoms with Crippen LogP contribution in [0.15, 0.2) is 18.2 Å². The number of rotatable bonds is 6. The molecular formula is C12H15Cl2NO2. The monoisotopic (exact) mass is 275 g/mol. The molecule has 0 heterocycles. The van der Waals surface area contributed by atoms with Crippen LogP contribution in [0.1, 0.15) is 19.8 Å². The predicted octanol–water partition coefficient (Wildman–Crippen LogP) is 3.68. The highest BCUT2D eigenvalue weighted by molar-refractivity contribution is 6.39. The zero-order valence-electron chi connectivity index (χ0n) is 9.62. The maximum atomic E-state index is 10.6. The molecule has 0 saturated heterocycles. The molecule has 0 unspecified atom stereocenters. The normalized spacial score (nSPS) is 10.3. The second-order valence-electron chi connectivity index (χ2n) is 3.70. The molecule has 0 bridgehead atoms. The number of para-hydroxylation sites is 1. The summed E-state index contributed by atoms with van der Waals surface area (Å²) in [4.78, 5) is 12.5. The average Bonchev–Trinajstić information content (AvgIpc) is 2.25. The highest BCUT2D eigenvalue weighted by Gasteiger charge is 2.14. The zero-order valence-corrected chi connectivity index (χ0v) is 11.1. The minimum Gasteiger partial charge on any atom is -0.481 e. The molecule has 1 aromatic carbocycles. The van der Waals surface area contributed by atoms with E-state index in [-0.39, 0.29) is 6.42 Å². The summed E-state index contributed by atoms with van der Waals surface area (Å²) in [7, 11) is 0. The molecule has 0 radical (unpaired) electrons. The second kappa shape index (κ2) is 6.72. The number of carbonyl (C=O) groups is 1. The number of hydrogen-bond acceptors (Lipinski definition) is 2. The molecule has 3 nitrogen and oxygen atoms in total. The predicted molar refractivity (Wildman–Crippen MR) is 71.2 cm³/mol. The fourth-order valence-corrected chi connectivity index (χ4v) is 2.26. The van der Waals surface area contributed by atoms with Crippen LogP contribution in [0.3, 0.4) is 0 Å². The Bertz CT molecular complexity index is 376. The van der Waals surface area contributed by atoms with Gasteiger partial charge in [-0.3, -0.25) is 4.79 Å². The van der Waals surface area contributed by atoms with Crippen molar-refractivity contribution in [1.82, 2.24) is 0 Å². The Hall–Kier alpha value is -0.930. The summed E-state index contributed by atoms with van der Waals surface area (Å²) >= 11 is 12.2. The van der Waals surface area contributed by atoms with Crippen LogP contribution in [-0.4, -0.2) is 24.2 Å². The van der Waals surface area contributed by atoms with Crippen molar-refractivity contribution in [1.29, 1.82) is 0 Å². The van der Waals surface area contributed by atoms with Crippen molar-refractivity contribution >= 4 is 34.9 Å². The standard InChI is InChI=1S/C12H15Cl2NO2/c1-2-7-15(8-6-11(16)17)12-9(13)4-3-5-10(12)14/h3-5H,2,6-8H2,1H3,(H,16,17). The molecule has 0 spiro atoms. The van der Waals surface area contributed by atoms with Gasteiger partial charge >= 0.3 is 5.97 Å². The molecule has 0 amide bonds. The molecule has 0 fully saturated rings. The SMILES string of the molecule is CCCN(CCC(=O)O)c1c(Cl)cccc1Cl. The van der Waals surface area contributed by atoms with Gasteiger partial charge in [0.2, 0.25) is 0 Å². The number of hydrogen-bond donors (Lipinski definition) is 1. The summed E-state index contributed by atoms with van der Waals surface area (Å²) in [5.41, 5.74) is 0.721. The van der Waals surface area contributed by atoms with E-state index in [0.29, 0.717) is 16.6 Å². The summed E-state index contributed by atoms with van der Waals surface area (Å²) in [6.07, 6.45) is 0.975. The summed E-state index contributed by atoms with van der Waals surface area (Å²) in [6, 6.07) is 5.29. The van der Waals surface area contributed by atoms with E-state index in [1.165, 1.54) is 0 Å². The van der Waals surface area contributed by atoms with E-state index in [0.717, 1.165) is 18.7 Å². The number of carboxylic acid groups (broad SMARTS) is 1. The van der Waals surface area contributed by atoms with Crippen molar-refractivity contribution < 1.29 is 9.90 Å². The Labute approximate surface area is 111 Å². The first-order valence-corrected chi connectivity index (χ1v) is 6.22. The summed E-state index contributed by atoms with van der Waals surface area (Å²) < 4.78 is 0. The number of carboxylic acids is 1. The number of aliphatic carboxylic acids is 1. The molecule has 0 aromatic heterocycles. The van der Waals surface area contributed by atoms with Crippen LogP contribution in [0, 0.1) is 0 Å². The Morgan fingerprint density at radius 2 is 1.88 bits per heavy atom. The van der Waals surface area contributed by atoms with Gasteiger partial charge in [-0.2, -0.15) is 0 Å². The third-order valence-corrected chi connectivity index (χ3v) is 2.95. The highest BCUT2D eigenvalue weighted by atomic mass is 35.5. The van der Waals surface area contributed by atoms with Crippen molar-refractivity contribution in [3.63, 3.8) is 0 Å². The molecule has 1 aromatic rings. The number of benzene rings is 1. The third-order valence-electron chi connectivity index (χ3n) is 2.34. The molecule has 0 aliphatic heterocycles. The van der Waals surface area contributed by atoms with Crippen LogP contribution in [0.25, 0.3) is 0 Å². The van der Waals surface area contributed by atoms with Gasteiger partial charge in [-0.05, 0) is 18.6 Å². The number of anilines is 1. The minimum atomic E-state index is -0.825. The van der Waals surface area contributed by atoms with Gasteiger partial charge in [0.15, 0.2) is 0 Å². The molecular weight excluding hydrogens is 261 g/mol. The second-order valence-corrected chi connectivity index (χ2v) is 4.52. The lowest BCUT2D eigenvalue weighted by atomic mass is 10.2. The first kappa shape index (κ1) is 14.1. The van der Waals surface area contributed by atoms with Crippen molar-refractivity contribution in [2.24, 2.45) is 0 Å². The van der Waals surface area contributed by atoms with E-state index < -0.39 is 5.97 Å². The van der Waals surface area contributed by atoms with Gasteiger partial charge in [-0.25, -0.2) is 0 Å². The van der Waals surface area contributed by atoms with Gasteiger partial charge in [0.05, 0.1) is 22.2 Å². The summed E-state index contributed by atoms with van der Waals surface area (Å²) in [5, 5.41) is 9.83. The van der Waals surface area contributed by atoms with Crippen LogP contribution in [0.4, 0.5) is 5.69 Å². The van der Waals surface area contributed by atoms with E-state index in [9.17, 15) is 4.79 Å². The number of nitrogens with zero attached hydrogens (tertiary/aromatic N) is 1. The molecule has 94 valence electrons. The molecule has 0 aliphatic carbocycles. The Morgan fingerprint density at radius 3 is 2.35 bits per heavy atom. The van der Waals surface area contributed by atoms with Crippen LogP contribution in [0.5, 0.6) is 0 Å². The van der Waals surface area contributed by atoms with Gasteiger partial charge in [0, 0.05) is 13.1 Å². The third kappa shape index (κ3) is 4.10. The van der Waals surface area contributed by atoms with E-state index >= 15 is 0 Å². The Balaban J connectivity index is 2.92. The molecule has 0 saturated carbocycles. The molecule has 1 N–H and O–H groups in total. The molecule has 17 heavy (non-hydrogen) atoms. The lowest BCUT2D eigenvalue weighted by Crippen LogP contribution is -2.27. The van der Waals surface area contributed by atoms with Gasteiger partial charge in [-0.15, -0.1) is 0 Å². The van der Waals surface area contributed by atoms with Crippen LogP contribution < -0.4 is 4.90 Å². The average molecular weight is 276 g/mol. The summed E-state index contributed by atoms with van der Waals surface area (Å²) in [6.45, 7) is 3.17. The van der Waals surface area contributed by atoms with Crippen molar-refractivity contribution in [3.05, 3.63) is 28.2 Å². The van der Waals surface area contributed by atoms with E-state index in [4.69, 9.17) is 28.3 Å². The van der Waals surface area contributed by atoms with Crippen molar-refractivity contribution in [2.45, 2.75) is 19.8 Å². The van der Waals surface area contributed by atoms with Crippen LogP contribution in [0.2, 0.25) is 10.0 Å². The van der Waals surface area contributed by atoms with E-state index in [1.807, 2.05) is 11.8 Å². The van der Waals surface area contributed by atoms with Crippen molar-refractivity contribution in [3.8, 4) is 0 Å². The van der Waals surface area contributed by atoms with Crippen LogP contribution in [-0.2, 0) is 4.79 Å². The lowest BCUT2D eigenvalue weighted by molar-refractivity contribution is -0.136. The van der Waals surface area contributed by atoms with Gasteiger partial charge in [0.25, 0.3) is 0 Å². The Kier molecular flexibility index (Phi) is 5.59. The maximum absolute atomic E-state index is 10.6. The van der Waals surface area contributed by atoms with Gasteiger partial charge in [0.1, 0.15) is 0 Å². The van der Waals surface area contributed by atoms with Crippen LogP contribution >= 0.6 is 23.2 Å². The molecule has 0 aliphatic rings. The highest BCUT2D eigenvalue weighted by Crippen LogP contribution is 2.33. The minimum absolute atomic E-state index is 0.0710. The number of halogens is 2. The molecule has 0 atom stereocenters. The maximum Gasteiger partial charge on any atom is 0.305 e. The Morgan fingerprint density at radius 1 is 1.29 bits per heavy atom. The smallest absolute Gasteiger partial charge is 0.305 e. The molecule has 5 heteroatoms. The largest absolute Gasteiger partial charge is 0.481 e. The van der Waals surface area contributed by atoms with Gasteiger partial charge < -0.3 is 10.0 Å². The summed E-state index contributed by atoms with van der Waals surface area (Å²) in [5.74, 6) is -0.825. The van der Waals surface area contributed by atoms with E-state index in [2.05, 4.69) is 0 Å². The van der Waals surface area contributed by atoms with Crippen molar-refractivity contribution in [2.75, 3.05) is 18.0 Å².